The van der Waals surface area contributed by atoms with Crippen molar-refractivity contribution >= 4 is 8.07 Å². The second-order valence-electron chi connectivity index (χ2n) is 7.47. The third-order valence-electron chi connectivity index (χ3n) is 5.03. The number of rotatable bonds is 4. The summed E-state index contributed by atoms with van der Waals surface area (Å²) in [7, 11) is 0.131. The zero-order chi connectivity index (χ0) is 15.7. The van der Waals surface area contributed by atoms with E-state index in [9.17, 15) is 0 Å². The van der Waals surface area contributed by atoms with Crippen molar-refractivity contribution in [3.05, 3.63) is 30.7 Å². The van der Waals surface area contributed by atoms with Gasteiger partial charge in [-0.3, -0.25) is 0 Å². The molecular weight excluding hydrogens is 280 g/mol. The van der Waals surface area contributed by atoms with E-state index in [1.807, 2.05) is 0 Å². The highest BCUT2D eigenvalue weighted by molar-refractivity contribution is 6.86. The number of hydrogen-bond acceptors (Lipinski definition) is 3. The molecule has 119 valence electrons. The number of ether oxygens (including phenoxy) is 3. The maximum atomic E-state index is 6.09. The Morgan fingerprint density at radius 3 is 2.62 bits per heavy atom. The van der Waals surface area contributed by atoms with Crippen LogP contribution in [0.5, 0.6) is 0 Å². The van der Waals surface area contributed by atoms with Crippen molar-refractivity contribution in [3.63, 3.8) is 0 Å². The summed E-state index contributed by atoms with van der Waals surface area (Å²) in [6.45, 7) is 13.3. The molecule has 3 nitrogen and oxygen atoms in total. The molecule has 2 fully saturated rings. The van der Waals surface area contributed by atoms with E-state index in [2.05, 4.69) is 53.1 Å². The van der Waals surface area contributed by atoms with Gasteiger partial charge in [0, 0.05) is 13.0 Å². The van der Waals surface area contributed by atoms with E-state index in [0.29, 0.717) is 11.6 Å². The first-order chi connectivity index (χ1) is 9.77. The SMILES string of the molecule is COC[C@@H]1CCO[C@H]([C]2[CH][CH][CH][C]2[Si](C)(C)C(C)(C)C)O1. The summed E-state index contributed by atoms with van der Waals surface area (Å²) in [5.41, 5.74) is 1.46. The van der Waals surface area contributed by atoms with Crippen LogP contribution in [0.15, 0.2) is 0 Å². The average molecular weight is 310 g/mol. The van der Waals surface area contributed by atoms with Gasteiger partial charge in [0.1, 0.15) is 0 Å². The molecule has 2 rings (SSSR count). The van der Waals surface area contributed by atoms with E-state index < -0.39 is 8.07 Å². The van der Waals surface area contributed by atoms with Gasteiger partial charge in [-0.1, -0.05) is 33.9 Å². The van der Waals surface area contributed by atoms with E-state index >= 15 is 0 Å². The van der Waals surface area contributed by atoms with Crippen LogP contribution in [0.3, 0.4) is 0 Å². The van der Waals surface area contributed by atoms with Gasteiger partial charge < -0.3 is 14.2 Å². The Bertz CT molecular complexity index is 335. The Morgan fingerprint density at radius 1 is 1.29 bits per heavy atom. The van der Waals surface area contributed by atoms with Crippen molar-refractivity contribution < 1.29 is 14.2 Å². The van der Waals surface area contributed by atoms with E-state index in [-0.39, 0.29) is 12.4 Å². The highest BCUT2D eigenvalue weighted by atomic mass is 28.3. The van der Waals surface area contributed by atoms with Crippen molar-refractivity contribution in [3.8, 4) is 0 Å². The van der Waals surface area contributed by atoms with Crippen LogP contribution in [-0.4, -0.2) is 40.8 Å². The topological polar surface area (TPSA) is 27.7 Å². The first kappa shape index (κ1) is 17.5. The lowest BCUT2D eigenvalue weighted by Crippen LogP contribution is -2.49. The fourth-order valence-electron chi connectivity index (χ4n) is 2.67. The fraction of sp³-hybridized carbons (Fsp3) is 0.706. The molecule has 2 aliphatic rings. The van der Waals surface area contributed by atoms with Crippen molar-refractivity contribution in [2.45, 2.75) is 57.7 Å². The van der Waals surface area contributed by atoms with Crippen LogP contribution in [0.4, 0.5) is 0 Å². The largest absolute Gasteiger partial charge is 0.382 e. The Kier molecular flexibility index (Phi) is 5.56. The smallest absolute Gasteiger partial charge is 0.164 e. The summed E-state index contributed by atoms with van der Waals surface area (Å²) in [6.07, 6.45) is 7.36. The number of hydrogen-bond donors (Lipinski definition) is 0. The molecule has 0 aromatic carbocycles. The van der Waals surface area contributed by atoms with Gasteiger partial charge in [0.15, 0.2) is 6.29 Å². The normalized spacial score (nSPS) is 30.0. The van der Waals surface area contributed by atoms with Crippen LogP contribution in [-0.2, 0) is 14.2 Å². The van der Waals surface area contributed by atoms with Crippen LogP contribution >= 0.6 is 0 Å². The molecule has 0 aromatic heterocycles. The number of methoxy groups -OCH3 is 1. The molecule has 0 N–H and O–H groups in total. The van der Waals surface area contributed by atoms with Crippen LogP contribution in [0.2, 0.25) is 18.1 Å². The minimum Gasteiger partial charge on any atom is -0.382 e. The van der Waals surface area contributed by atoms with Crippen molar-refractivity contribution in [2.24, 2.45) is 0 Å². The van der Waals surface area contributed by atoms with Gasteiger partial charge in [-0.15, -0.1) is 0 Å². The monoisotopic (exact) mass is 309 g/mol. The Labute approximate surface area is 131 Å². The minimum atomic E-state index is -1.59. The molecule has 1 aliphatic carbocycles. The zero-order valence-electron chi connectivity index (χ0n) is 14.2. The van der Waals surface area contributed by atoms with Gasteiger partial charge in [-0.25, -0.2) is 0 Å². The Morgan fingerprint density at radius 2 is 2.00 bits per heavy atom. The summed E-state index contributed by atoms with van der Waals surface area (Å²) in [5, 5.41) is 0.302. The molecule has 4 heteroatoms. The predicted octanol–water partition coefficient (Wildman–Crippen LogP) is 3.59. The quantitative estimate of drug-likeness (QED) is 0.743. The molecular formula is C17H29O3Si. The summed E-state index contributed by atoms with van der Waals surface area (Å²) in [5.74, 6) is 1.22. The summed E-state index contributed by atoms with van der Waals surface area (Å²) >= 11 is 0. The van der Waals surface area contributed by atoms with E-state index in [1.165, 1.54) is 11.5 Å². The Hall–Kier alpha value is 0.0969. The molecule has 1 aliphatic heterocycles. The second-order valence-corrected chi connectivity index (χ2v) is 12.8. The third-order valence-corrected chi connectivity index (χ3v) is 10.6. The maximum Gasteiger partial charge on any atom is 0.164 e. The molecule has 0 amide bonds. The first-order valence-electron chi connectivity index (χ1n) is 7.79. The lowest BCUT2D eigenvalue weighted by atomic mass is 10.1. The van der Waals surface area contributed by atoms with Crippen LogP contribution in [0, 0.1) is 30.7 Å². The lowest BCUT2D eigenvalue weighted by Gasteiger charge is -2.45. The summed E-state index contributed by atoms with van der Waals surface area (Å²) < 4.78 is 17.2. The van der Waals surface area contributed by atoms with Crippen molar-refractivity contribution in [1.29, 1.82) is 0 Å². The van der Waals surface area contributed by atoms with Crippen molar-refractivity contribution in [1.82, 2.24) is 0 Å². The molecule has 1 saturated carbocycles. The zero-order valence-corrected chi connectivity index (χ0v) is 15.2. The standard InChI is InChI=1S/C17H29O3Si/c1-17(2,3)21(5,6)15-9-7-8-14(15)16-19-11-10-13(20-16)12-18-4/h7-9,13,16H,10-12H2,1-6H3/t13-,16-/m0/s1. The van der Waals surface area contributed by atoms with Gasteiger partial charge in [0.2, 0.25) is 0 Å². The van der Waals surface area contributed by atoms with Crippen molar-refractivity contribution in [2.75, 3.05) is 20.3 Å². The molecule has 0 bridgehead atoms. The summed E-state index contributed by atoms with van der Waals surface area (Å²) in [4.78, 5) is 0. The van der Waals surface area contributed by atoms with Gasteiger partial charge in [0.25, 0.3) is 0 Å². The molecule has 5 radical (unpaired) electrons. The average Bonchev–Trinajstić information content (AvgIpc) is 2.88. The molecule has 0 aromatic rings. The molecule has 2 atom stereocenters. The van der Waals surface area contributed by atoms with Crippen LogP contribution in [0.25, 0.3) is 0 Å². The predicted molar refractivity (Wildman–Crippen MR) is 87.7 cm³/mol. The van der Waals surface area contributed by atoms with E-state index in [1.54, 1.807) is 7.11 Å². The molecule has 21 heavy (non-hydrogen) atoms. The van der Waals surface area contributed by atoms with Gasteiger partial charge >= 0.3 is 0 Å². The lowest BCUT2D eigenvalue weighted by molar-refractivity contribution is -0.209. The molecule has 0 spiro atoms. The fourth-order valence-corrected chi connectivity index (χ4v) is 4.92. The maximum absolute atomic E-state index is 6.09. The summed E-state index contributed by atoms with van der Waals surface area (Å²) in [6, 6.07) is 0. The highest BCUT2D eigenvalue weighted by Gasteiger charge is 2.51. The van der Waals surface area contributed by atoms with Gasteiger partial charge in [-0.2, -0.15) is 0 Å². The van der Waals surface area contributed by atoms with E-state index in [0.717, 1.165) is 13.0 Å². The Balaban J connectivity index is 2.08. The highest BCUT2D eigenvalue weighted by Crippen LogP contribution is 2.52. The first-order valence-corrected chi connectivity index (χ1v) is 10.8. The molecule has 1 saturated heterocycles. The minimum absolute atomic E-state index is 0.135. The van der Waals surface area contributed by atoms with Crippen LogP contribution in [0.1, 0.15) is 27.2 Å². The second kappa shape index (κ2) is 6.69. The molecule has 1 heterocycles. The van der Waals surface area contributed by atoms with E-state index in [4.69, 9.17) is 14.2 Å². The van der Waals surface area contributed by atoms with Gasteiger partial charge in [-0.05, 0) is 36.3 Å². The van der Waals surface area contributed by atoms with Crippen LogP contribution < -0.4 is 0 Å². The third kappa shape index (κ3) is 3.71. The molecule has 0 unspecified atom stereocenters. The van der Waals surface area contributed by atoms with Gasteiger partial charge in [0.05, 0.1) is 27.4 Å².